The normalized spacial score (nSPS) is 12.5. The Balaban J connectivity index is 2.17. The topological polar surface area (TPSA) is 58.2 Å². The van der Waals surface area contributed by atoms with Gasteiger partial charge in [0.25, 0.3) is 0 Å². The minimum atomic E-state index is -5.04. The minimum Gasteiger partial charge on any atom is -0.336 e. The number of carbonyl (C=O) groups excluding carboxylic acids is 2. The van der Waals surface area contributed by atoms with Crippen molar-refractivity contribution in [3.63, 3.8) is 0 Å². The van der Waals surface area contributed by atoms with Gasteiger partial charge in [-0.15, -0.1) is 0 Å². The standard InChI is InChI=1S/C20H21F3N2O2/c1-13(2)17(25-19(27)20(21,22)23)18(26)24-16-11-7-6-10-15(16)12-14-8-4-3-5-9-14/h3-11,13,17H,12H2,1-2H3,(H,24,26)(H,25,27). The molecule has 144 valence electrons. The van der Waals surface area contributed by atoms with E-state index in [0.717, 1.165) is 11.1 Å². The highest BCUT2D eigenvalue weighted by Crippen LogP contribution is 2.21. The number of nitrogens with one attached hydrogen (secondary N) is 2. The molecule has 0 aromatic heterocycles. The third-order valence-corrected chi connectivity index (χ3v) is 4.01. The Labute approximate surface area is 155 Å². The number of anilines is 1. The monoisotopic (exact) mass is 378 g/mol. The van der Waals surface area contributed by atoms with E-state index in [4.69, 9.17) is 0 Å². The first-order valence-electron chi connectivity index (χ1n) is 8.49. The molecule has 2 rings (SSSR count). The number of hydrogen-bond acceptors (Lipinski definition) is 2. The van der Waals surface area contributed by atoms with Crippen LogP contribution in [0.1, 0.15) is 25.0 Å². The number of carbonyl (C=O) groups is 2. The summed E-state index contributed by atoms with van der Waals surface area (Å²) in [5.41, 5.74) is 2.35. The summed E-state index contributed by atoms with van der Waals surface area (Å²) in [7, 11) is 0. The zero-order valence-electron chi connectivity index (χ0n) is 15.0. The Bertz CT molecular complexity index is 789. The first-order chi connectivity index (χ1) is 12.7. The van der Waals surface area contributed by atoms with Crippen LogP contribution in [0.2, 0.25) is 0 Å². The summed E-state index contributed by atoms with van der Waals surface area (Å²) in [5, 5.41) is 4.42. The molecule has 4 nitrogen and oxygen atoms in total. The van der Waals surface area contributed by atoms with E-state index in [0.29, 0.717) is 12.1 Å². The summed E-state index contributed by atoms with van der Waals surface area (Å²) in [6.45, 7) is 3.13. The fourth-order valence-corrected chi connectivity index (χ4v) is 2.58. The van der Waals surface area contributed by atoms with Crippen molar-refractivity contribution in [1.29, 1.82) is 0 Å². The average molecular weight is 378 g/mol. The highest BCUT2D eigenvalue weighted by Gasteiger charge is 2.41. The molecule has 0 radical (unpaired) electrons. The zero-order chi connectivity index (χ0) is 20.0. The number of halogens is 3. The van der Waals surface area contributed by atoms with Crippen LogP contribution in [-0.4, -0.2) is 24.0 Å². The van der Waals surface area contributed by atoms with Gasteiger partial charge in [-0.2, -0.15) is 13.2 Å². The molecule has 0 saturated carbocycles. The van der Waals surface area contributed by atoms with Gasteiger partial charge >= 0.3 is 12.1 Å². The fraction of sp³-hybridized carbons (Fsp3) is 0.300. The van der Waals surface area contributed by atoms with Crippen LogP contribution in [0.25, 0.3) is 0 Å². The largest absolute Gasteiger partial charge is 0.471 e. The highest BCUT2D eigenvalue weighted by molar-refractivity contribution is 5.98. The molecule has 0 spiro atoms. The molecule has 0 heterocycles. The second-order valence-corrected chi connectivity index (χ2v) is 6.50. The van der Waals surface area contributed by atoms with Crippen molar-refractivity contribution in [1.82, 2.24) is 5.32 Å². The predicted octanol–water partition coefficient (Wildman–Crippen LogP) is 3.92. The fourth-order valence-electron chi connectivity index (χ4n) is 2.58. The second-order valence-electron chi connectivity index (χ2n) is 6.50. The summed E-state index contributed by atoms with van der Waals surface area (Å²) >= 11 is 0. The molecule has 0 bridgehead atoms. The van der Waals surface area contributed by atoms with E-state index >= 15 is 0 Å². The van der Waals surface area contributed by atoms with Crippen molar-refractivity contribution < 1.29 is 22.8 Å². The molecule has 2 aromatic carbocycles. The van der Waals surface area contributed by atoms with Gasteiger partial charge in [-0.05, 0) is 29.5 Å². The molecular formula is C20H21F3N2O2. The number of para-hydroxylation sites is 1. The lowest BCUT2D eigenvalue weighted by atomic mass is 10.0. The second kappa shape index (κ2) is 8.70. The lowest BCUT2D eigenvalue weighted by Gasteiger charge is -2.23. The van der Waals surface area contributed by atoms with Crippen molar-refractivity contribution >= 4 is 17.5 Å². The van der Waals surface area contributed by atoms with Gasteiger partial charge in [0, 0.05) is 5.69 Å². The summed E-state index contributed by atoms with van der Waals surface area (Å²) in [6, 6.07) is 15.3. The van der Waals surface area contributed by atoms with Gasteiger partial charge in [0.15, 0.2) is 0 Å². The molecule has 2 N–H and O–H groups in total. The van der Waals surface area contributed by atoms with Crippen LogP contribution in [0.4, 0.5) is 18.9 Å². The van der Waals surface area contributed by atoms with Crippen molar-refractivity contribution in [2.75, 3.05) is 5.32 Å². The molecule has 2 amide bonds. The van der Waals surface area contributed by atoms with Gasteiger partial charge in [-0.3, -0.25) is 9.59 Å². The van der Waals surface area contributed by atoms with E-state index in [2.05, 4.69) is 5.32 Å². The molecule has 0 aliphatic rings. The van der Waals surface area contributed by atoms with E-state index in [1.807, 2.05) is 42.5 Å². The van der Waals surface area contributed by atoms with Gasteiger partial charge in [0.2, 0.25) is 5.91 Å². The number of benzene rings is 2. The maximum absolute atomic E-state index is 12.5. The van der Waals surface area contributed by atoms with Crippen LogP contribution in [-0.2, 0) is 16.0 Å². The summed E-state index contributed by atoms with van der Waals surface area (Å²) in [5.74, 6) is -3.34. The van der Waals surface area contributed by atoms with Gasteiger partial charge in [0.05, 0.1) is 0 Å². The molecule has 0 saturated heterocycles. The molecule has 0 fully saturated rings. The molecule has 7 heteroatoms. The SMILES string of the molecule is CC(C)C(NC(=O)C(F)(F)F)C(=O)Nc1ccccc1Cc1ccccc1. The zero-order valence-corrected chi connectivity index (χ0v) is 15.0. The Kier molecular flexibility index (Phi) is 6.60. The van der Waals surface area contributed by atoms with E-state index in [9.17, 15) is 22.8 Å². The van der Waals surface area contributed by atoms with E-state index in [-0.39, 0.29) is 0 Å². The van der Waals surface area contributed by atoms with Crippen molar-refractivity contribution in [2.45, 2.75) is 32.5 Å². The molecule has 2 aromatic rings. The van der Waals surface area contributed by atoms with Crippen LogP contribution in [0.3, 0.4) is 0 Å². The van der Waals surface area contributed by atoms with Gasteiger partial charge < -0.3 is 10.6 Å². The Hall–Kier alpha value is -2.83. The number of rotatable bonds is 6. The van der Waals surface area contributed by atoms with Crippen LogP contribution >= 0.6 is 0 Å². The first kappa shape index (κ1) is 20.5. The average Bonchev–Trinajstić information content (AvgIpc) is 2.60. The molecule has 27 heavy (non-hydrogen) atoms. The van der Waals surface area contributed by atoms with E-state index in [1.54, 1.807) is 31.3 Å². The third kappa shape index (κ3) is 5.84. The van der Waals surface area contributed by atoms with Crippen LogP contribution in [0, 0.1) is 5.92 Å². The maximum Gasteiger partial charge on any atom is 0.471 e. The van der Waals surface area contributed by atoms with Crippen LogP contribution in [0.15, 0.2) is 54.6 Å². The number of amides is 2. The lowest BCUT2D eigenvalue weighted by molar-refractivity contribution is -0.175. The van der Waals surface area contributed by atoms with Crippen molar-refractivity contribution in [2.24, 2.45) is 5.92 Å². The Morgan fingerprint density at radius 3 is 2.15 bits per heavy atom. The molecule has 0 aliphatic heterocycles. The van der Waals surface area contributed by atoms with Crippen molar-refractivity contribution in [3.8, 4) is 0 Å². The number of alkyl halides is 3. The van der Waals surface area contributed by atoms with E-state index in [1.165, 1.54) is 0 Å². The molecule has 1 unspecified atom stereocenters. The summed E-state index contributed by atoms with van der Waals surface area (Å²) in [4.78, 5) is 23.8. The van der Waals surface area contributed by atoms with Crippen LogP contribution in [0.5, 0.6) is 0 Å². The summed E-state index contributed by atoms with van der Waals surface area (Å²) < 4.78 is 37.6. The lowest BCUT2D eigenvalue weighted by Crippen LogP contribution is -2.51. The van der Waals surface area contributed by atoms with Crippen LogP contribution < -0.4 is 10.6 Å². The van der Waals surface area contributed by atoms with Crippen molar-refractivity contribution in [3.05, 3.63) is 65.7 Å². The Morgan fingerprint density at radius 2 is 1.56 bits per heavy atom. The maximum atomic E-state index is 12.5. The molecular weight excluding hydrogens is 357 g/mol. The summed E-state index contributed by atoms with van der Waals surface area (Å²) in [6.07, 6.45) is -4.49. The van der Waals surface area contributed by atoms with Gasteiger partial charge in [-0.1, -0.05) is 62.4 Å². The van der Waals surface area contributed by atoms with Gasteiger partial charge in [0.1, 0.15) is 6.04 Å². The molecule has 0 aliphatic carbocycles. The highest BCUT2D eigenvalue weighted by atomic mass is 19.4. The predicted molar refractivity (Wildman–Crippen MR) is 97.1 cm³/mol. The smallest absolute Gasteiger partial charge is 0.336 e. The third-order valence-electron chi connectivity index (χ3n) is 4.01. The quantitative estimate of drug-likeness (QED) is 0.801. The molecule has 1 atom stereocenters. The first-order valence-corrected chi connectivity index (χ1v) is 8.49. The Morgan fingerprint density at radius 1 is 0.963 bits per heavy atom. The number of hydrogen-bond donors (Lipinski definition) is 2. The van der Waals surface area contributed by atoms with E-state index < -0.39 is 30.0 Å². The minimum absolute atomic E-state index is 0.498. The van der Waals surface area contributed by atoms with Gasteiger partial charge in [-0.25, -0.2) is 0 Å².